The van der Waals surface area contributed by atoms with E-state index in [9.17, 15) is 0 Å². The largest absolute Gasteiger partial charge is 0.377 e. The summed E-state index contributed by atoms with van der Waals surface area (Å²) in [6, 6.07) is 6.82. The molecule has 0 aromatic carbocycles. The van der Waals surface area contributed by atoms with Gasteiger partial charge >= 0.3 is 0 Å². The van der Waals surface area contributed by atoms with Crippen molar-refractivity contribution in [2.45, 2.75) is 44.4 Å². The quantitative estimate of drug-likeness (QED) is 0.889. The first-order valence-electron chi connectivity index (χ1n) is 7.87. The number of likely N-dealkylation sites (tertiary alicyclic amines) is 1. The van der Waals surface area contributed by atoms with Gasteiger partial charge in [0.2, 0.25) is 0 Å². The first kappa shape index (κ1) is 14.0. The fourth-order valence-corrected chi connectivity index (χ4v) is 3.12. The fraction of sp³-hybridized carbons (Fsp3) is 0.688. The van der Waals surface area contributed by atoms with Gasteiger partial charge in [0.25, 0.3) is 0 Å². The summed E-state index contributed by atoms with van der Waals surface area (Å²) in [5, 5.41) is 3.68. The van der Waals surface area contributed by atoms with Gasteiger partial charge in [-0.3, -0.25) is 9.88 Å². The van der Waals surface area contributed by atoms with Gasteiger partial charge in [-0.1, -0.05) is 6.07 Å². The van der Waals surface area contributed by atoms with Crippen molar-refractivity contribution in [3.63, 3.8) is 0 Å². The molecule has 4 nitrogen and oxygen atoms in total. The summed E-state index contributed by atoms with van der Waals surface area (Å²) < 4.78 is 5.66. The van der Waals surface area contributed by atoms with Crippen LogP contribution in [-0.4, -0.2) is 48.3 Å². The second-order valence-electron chi connectivity index (χ2n) is 5.91. The molecule has 0 radical (unpaired) electrons. The summed E-state index contributed by atoms with van der Waals surface area (Å²) in [6.45, 7) is 5.30. The number of hydrogen-bond donors (Lipinski definition) is 1. The standard InChI is InChI=1S/C16H25N3O/c1-2-8-17-15(4-1)13-19-9-6-14(7-10-19)18-12-16-5-3-11-20-16/h1-2,4,8,14,16,18H,3,5-7,9-13H2/t16-/m1/s1. The van der Waals surface area contributed by atoms with Crippen LogP contribution in [0.2, 0.25) is 0 Å². The molecule has 2 fully saturated rings. The zero-order valence-corrected chi connectivity index (χ0v) is 12.1. The molecule has 110 valence electrons. The molecule has 2 aliphatic rings. The monoisotopic (exact) mass is 275 g/mol. The van der Waals surface area contributed by atoms with Crippen molar-refractivity contribution < 1.29 is 4.74 Å². The van der Waals surface area contributed by atoms with Crippen LogP contribution in [0.4, 0.5) is 0 Å². The van der Waals surface area contributed by atoms with Crippen molar-refractivity contribution in [3.8, 4) is 0 Å². The van der Waals surface area contributed by atoms with Crippen LogP contribution in [0.15, 0.2) is 24.4 Å². The predicted octanol–water partition coefficient (Wildman–Crippen LogP) is 1.81. The number of piperidine rings is 1. The van der Waals surface area contributed by atoms with Gasteiger partial charge in [-0.2, -0.15) is 0 Å². The highest BCUT2D eigenvalue weighted by Crippen LogP contribution is 2.15. The Morgan fingerprint density at radius 1 is 1.25 bits per heavy atom. The lowest BCUT2D eigenvalue weighted by atomic mass is 10.0. The van der Waals surface area contributed by atoms with Crippen LogP contribution in [0.1, 0.15) is 31.4 Å². The summed E-state index contributed by atoms with van der Waals surface area (Å²) in [5.41, 5.74) is 1.18. The molecule has 3 rings (SSSR count). The van der Waals surface area contributed by atoms with Crippen molar-refractivity contribution >= 4 is 0 Å². The van der Waals surface area contributed by atoms with Crippen molar-refractivity contribution in [1.82, 2.24) is 15.2 Å². The average molecular weight is 275 g/mol. The van der Waals surface area contributed by atoms with E-state index in [0.717, 1.165) is 19.7 Å². The van der Waals surface area contributed by atoms with Gasteiger partial charge in [0.1, 0.15) is 0 Å². The third-order valence-electron chi connectivity index (χ3n) is 4.36. The lowest BCUT2D eigenvalue weighted by Gasteiger charge is -2.32. The molecular formula is C16H25N3O. The van der Waals surface area contributed by atoms with E-state index in [1.807, 2.05) is 12.3 Å². The van der Waals surface area contributed by atoms with Gasteiger partial charge in [-0.05, 0) is 37.8 Å². The zero-order chi connectivity index (χ0) is 13.6. The van der Waals surface area contributed by atoms with Crippen molar-refractivity contribution in [1.29, 1.82) is 0 Å². The molecule has 1 aromatic rings. The summed E-state index contributed by atoms with van der Waals surface area (Å²) >= 11 is 0. The maximum absolute atomic E-state index is 5.66. The summed E-state index contributed by atoms with van der Waals surface area (Å²) in [5.74, 6) is 0. The first-order chi connectivity index (χ1) is 9.90. The molecule has 0 aliphatic carbocycles. The fourth-order valence-electron chi connectivity index (χ4n) is 3.12. The number of ether oxygens (including phenoxy) is 1. The van der Waals surface area contributed by atoms with E-state index in [1.54, 1.807) is 0 Å². The number of aromatic nitrogens is 1. The van der Waals surface area contributed by atoms with Crippen LogP contribution in [0.25, 0.3) is 0 Å². The number of pyridine rings is 1. The topological polar surface area (TPSA) is 37.4 Å². The van der Waals surface area contributed by atoms with Crippen molar-refractivity contribution in [2.75, 3.05) is 26.2 Å². The highest BCUT2D eigenvalue weighted by Gasteiger charge is 2.21. The minimum atomic E-state index is 0.460. The summed E-state index contributed by atoms with van der Waals surface area (Å²) in [6.07, 6.45) is 7.27. The molecule has 0 bridgehead atoms. The Morgan fingerprint density at radius 2 is 2.15 bits per heavy atom. The Bertz CT molecular complexity index is 384. The molecule has 4 heteroatoms. The average Bonchev–Trinajstić information content (AvgIpc) is 3.01. The lowest BCUT2D eigenvalue weighted by Crippen LogP contribution is -2.44. The first-order valence-corrected chi connectivity index (χ1v) is 7.87. The molecule has 3 heterocycles. The smallest absolute Gasteiger partial charge is 0.0700 e. The highest BCUT2D eigenvalue weighted by atomic mass is 16.5. The molecule has 20 heavy (non-hydrogen) atoms. The van der Waals surface area contributed by atoms with Crippen LogP contribution in [0.3, 0.4) is 0 Å². The molecule has 0 unspecified atom stereocenters. The Hall–Kier alpha value is -0.970. The maximum atomic E-state index is 5.66. The Labute approximate surface area is 121 Å². The van der Waals surface area contributed by atoms with Gasteiger partial charge in [0.15, 0.2) is 0 Å². The Kier molecular flexibility index (Phi) is 5.01. The van der Waals surface area contributed by atoms with Crippen LogP contribution in [0, 0.1) is 0 Å². The predicted molar refractivity (Wildman–Crippen MR) is 79.5 cm³/mol. The minimum absolute atomic E-state index is 0.460. The van der Waals surface area contributed by atoms with E-state index < -0.39 is 0 Å². The number of nitrogens with one attached hydrogen (secondary N) is 1. The van der Waals surface area contributed by atoms with E-state index >= 15 is 0 Å². The van der Waals surface area contributed by atoms with Crippen LogP contribution in [0.5, 0.6) is 0 Å². The molecule has 1 atom stereocenters. The molecular weight excluding hydrogens is 250 g/mol. The second-order valence-corrected chi connectivity index (χ2v) is 5.91. The van der Waals surface area contributed by atoms with Crippen LogP contribution < -0.4 is 5.32 Å². The van der Waals surface area contributed by atoms with Crippen LogP contribution >= 0.6 is 0 Å². The van der Waals surface area contributed by atoms with Crippen molar-refractivity contribution in [3.05, 3.63) is 30.1 Å². The van der Waals surface area contributed by atoms with E-state index in [0.29, 0.717) is 12.1 Å². The van der Waals surface area contributed by atoms with Gasteiger partial charge in [0.05, 0.1) is 11.8 Å². The Morgan fingerprint density at radius 3 is 2.85 bits per heavy atom. The molecule has 0 spiro atoms. The summed E-state index contributed by atoms with van der Waals surface area (Å²) in [4.78, 5) is 6.91. The number of rotatable bonds is 5. The van der Waals surface area contributed by atoms with Crippen LogP contribution in [-0.2, 0) is 11.3 Å². The normalized spacial score (nSPS) is 25.1. The van der Waals surface area contributed by atoms with Gasteiger partial charge in [-0.25, -0.2) is 0 Å². The van der Waals surface area contributed by atoms with Gasteiger partial charge in [-0.15, -0.1) is 0 Å². The maximum Gasteiger partial charge on any atom is 0.0700 e. The molecule has 0 saturated carbocycles. The summed E-state index contributed by atoms with van der Waals surface area (Å²) in [7, 11) is 0. The van der Waals surface area contributed by atoms with E-state index in [2.05, 4.69) is 27.3 Å². The molecule has 1 N–H and O–H groups in total. The molecule has 2 aliphatic heterocycles. The van der Waals surface area contributed by atoms with E-state index in [-0.39, 0.29) is 0 Å². The SMILES string of the molecule is c1ccc(CN2CCC(NC[C@H]3CCCO3)CC2)nc1. The third-order valence-corrected chi connectivity index (χ3v) is 4.36. The van der Waals surface area contributed by atoms with E-state index in [4.69, 9.17) is 4.74 Å². The molecule has 2 saturated heterocycles. The third kappa shape index (κ3) is 4.01. The molecule has 0 amide bonds. The number of hydrogen-bond acceptors (Lipinski definition) is 4. The van der Waals surface area contributed by atoms with Crippen molar-refractivity contribution in [2.24, 2.45) is 0 Å². The Balaban J connectivity index is 1.36. The highest BCUT2D eigenvalue weighted by molar-refractivity contribution is 5.03. The minimum Gasteiger partial charge on any atom is -0.377 e. The van der Waals surface area contributed by atoms with Gasteiger partial charge < -0.3 is 10.1 Å². The molecule has 1 aromatic heterocycles. The van der Waals surface area contributed by atoms with Gasteiger partial charge in [0, 0.05) is 45.0 Å². The van der Waals surface area contributed by atoms with E-state index in [1.165, 1.54) is 44.5 Å². The zero-order valence-electron chi connectivity index (χ0n) is 12.1. The lowest BCUT2D eigenvalue weighted by molar-refractivity contribution is 0.102. The number of nitrogens with zero attached hydrogens (tertiary/aromatic N) is 2. The second kappa shape index (κ2) is 7.16.